The summed E-state index contributed by atoms with van der Waals surface area (Å²) >= 11 is 0. The van der Waals surface area contributed by atoms with Gasteiger partial charge < -0.3 is 19.3 Å². The first-order chi connectivity index (χ1) is 15.2. The van der Waals surface area contributed by atoms with Gasteiger partial charge >= 0.3 is 6.16 Å². The van der Waals surface area contributed by atoms with E-state index in [2.05, 4.69) is 11.9 Å². The Bertz CT molecular complexity index is 974. The van der Waals surface area contributed by atoms with E-state index in [-0.39, 0.29) is 18.2 Å². The zero-order valence-corrected chi connectivity index (χ0v) is 17.9. The molecule has 0 saturated heterocycles. The van der Waals surface area contributed by atoms with Crippen LogP contribution in [0.1, 0.15) is 51.0 Å². The van der Waals surface area contributed by atoms with Crippen LogP contribution in [0, 0.1) is 0 Å². The van der Waals surface area contributed by atoms with Crippen molar-refractivity contribution in [3.63, 3.8) is 0 Å². The van der Waals surface area contributed by atoms with E-state index in [4.69, 9.17) is 19.3 Å². The molecule has 0 fully saturated rings. The number of fused-ring (bicyclic) bond motifs is 1. The number of hydrogen-bond donors (Lipinski definition) is 1. The number of carboxylic acid groups (broad SMARTS) is 1. The van der Waals surface area contributed by atoms with Crippen LogP contribution in [0.4, 0.5) is 4.79 Å². The topological polar surface area (TPSA) is 77.9 Å². The van der Waals surface area contributed by atoms with Gasteiger partial charge in [0.25, 0.3) is 5.88 Å². The van der Waals surface area contributed by atoms with Gasteiger partial charge in [0.15, 0.2) is 5.75 Å². The smallest absolute Gasteiger partial charge is 0.494 e. The summed E-state index contributed by atoms with van der Waals surface area (Å²) in [7, 11) is 0. The minimum Gasteiger partial charge on any atom is -0.494 e. The SMILES string of the molecule is CCCCCCCCOc1ccc2nc(OC(=O)O)c(OCc3ccccc3)cc2c1. The van der Waals surface area contributed by atoms with E-state index in [0.717, 1.165) is 23.1 Å². The first kappa shape index (κ1) is 22.4. The molecular weight excluding hydrogens is 394 g/mol. The number of aromatic nitrogens is 1. The van der Waals surface area contributed by atoms with Crippen molar-refractivity contribution in [3.05, 3.63) is 60.2 Å². The molecule has 0 bridgehead atoms. The summed E-state index contributed by atoms with van der Waals surface area (Å²) in [5.41, 5.74) is 1.56. The van der Waals surface area contributed by atoms with Crippen molar-refractivity contribution >= 4 is 17.1 Å². The van der Waals surface area contributed by atoms with Gasteiger partial charge in [-0.2, -0.15) is 0 Å². The molecule has 31 heavy (non-hydrogen) atoms. The minimum atomic E-state index is -1.43. The molecule has 0 atom stereocenters. The van der Waals surface area contributed by atoms with Gasteiger partial charge in [0.05, 0.1) is 12.1 Å². The predicted molar refractivity (Wildman–Crippen MR) is 120 cm³/mol. The molecule has 1 heterocycles. The van der Waals surface area contributed by atoms with Gasteiger partial charge in [-0.3, -0.25) is 0 Å². The van der Waals surface area contributed by atoms with Crippen molar-refractivity contribution in [2.75, 3.05) is 6.61 Å². The molecule has 3 aromatic rings. The standard InChI is InChI=1S/C25H29NO5/c1-2-3-4-5-6-10-15-29-21-13-14-22-20(16-21)17-23(24(26-22)31-25(27)28)30-18-19-11-8-7-9-12-19/h7-9,11-14,16-17H,2-6,10,15,18H2,1H3,(H,27,28). The maximum Gasteiger partial charge on any atom is 0.512 e. The van der Waals surface area contributed by atoms with Gasteiger partial charge in [0.2, 0.25) is 0 Å². The second kappa shape index (κ2) is 11.8. The molecule has 1 aromatic heterocycles. The van der Waals surface area contributed by atoms with Gasteiger partial charge in [-0.15, -0.1) is 0 Å². The molecule has 6 nitrogen and oxygen atoms in total. The maximum absolute atomic E-state index is 11.1. The van der Waals surface area contributed by atoms with Crippen LogP contribution in [0.25, 0.3) is 10.9 Å². The fourth-order valence-electron chi connectivity index (χ4n) is 3.27. The Kier molecular flexibility index (Phi) is 8.52. The normalized spacial score (nSPS) is 10.7. The predicted octanol–water partition coefficient (Wildman–Crippen LogP) is 6.61. The number of carbonyl (C=O) groups is 1. The molecule has 0 radical (unpaired) electrons. The largest absolute Gasteiger partial charge is 0.512 e. The van der Waals surface area contributed by atoms with E-state index in [1.54, 1.807) is 12.1 Å². The molecule has 0 saturated carbocycles. The van der Waals surface area contributed by atoms with E-state index in [1.165, 1.54) is 32.1 Å². The van der Waals surface area contributed by atoms with Crippen molar-refractivity contribution in [1.29, 1.82) is 0 Å². The summed E-state index contributed by atoms with van der Waals surface area (Å²) in [6.45, 7) is 3.16. The Hall–Kier alpha value is -3.28. The highest BCUT2D eigenvalue weighted by Gasteiger charge is 2.14. The lowest BCUT2D eigenvalue weighted by molar-refractivity contribution is 0.140. The summed E-state index contributed by atoms with van der Waals surface area (Å²) in [5, 5.41) is 9.84. The van der Waals surface area contributed by atoms with Crippen molar-refractivity contribution in [2.24, 2.45) is 0 Å². The quantitative estimate of drug-likeness (QED) is 0.261. The minimum absolute atomic E-state index is 0.0725. The van der Waals surface area contributed by atoms with Crippen LogP contribution in [0.15, 0.2) is 54.6 Å². The number of pyridine rings is 1. The summed E-state index contributed by atoms with van der Waals surface area (Å²) in [6.07, 6.45) is 5.82. The molecule has 0 unspecified atom stereocenters. The lowest BCUT2D eigenvalue weighted by Crippen LogP contribution is -2.07. The third-order valence-corrected chi connectivity index (χ3v) is 4.91. The van der Waals surface area contributed by atoms with E-state index in [1.807, 2.05) is 42.5 Å². The zero-order valence-electron chi connectivity index (χ0n) is 17.9. The maximum atomic E-state index is 11.1. The Balaban J connectivity index is 1.68. The van der Waals surface area contributed by atoms with Crippen LogP contribution in [0.5, 0.6) is 17.4 Å². The molecule has 6 heteroatoms. The summed E-state index contributed by atoms with van der Waals surface area (Å²) < 4.78 is 16.6. The molecule has 164 valence electrons. The molecule has 0 aliphatic rings. The number of benzene rings is 2. The van der Waals surface area contributed by atoms with Crippen LogP contribution < -0.4 is 14.2 Å². The molecule has 0 spiro atoms. The van der Waals surface area contributed by atoms with E-state index >= 15 is 0 Å². The number of nitrogens with zero attached hydrogens (tertiary/aromatic N) is 1. The van der Waals surface area contributed by atoms with Gasteiger partial charge in [0, 0.05) is 5.39 Å². The number of rotatable bonds is 12. The number of hydrogen-bond acceptors (Lipinski definition) is 5. The van der Waals surface area contributed by atoms with Gasteiger partial charge in [-0.1, -0.05) is 69.4 Å². The second-order valence-corrected chi connectivity index (χ2v) is 7.40. The molecule has 0 amide bonds. The molecule has 3 rings (SSSR count). The van der Waals surface area contributed by atoms with Crippen molar-refractivity contribution in [1.82, 2.24) is 4.98 Å². The average molecular weight is 424 g/mol. The highest BCUT2D eigenvalue weighted by Crippen LogP contribution is 2.32. The Morgan fingerprint density at radius 3 is 2.48 bits per heavy atom. The summed E-state index contributed by atoms with van der Waals surface area (Å²) in [6, 6.07) is 16.9. The zero-order chi connectivity index (χ0) is 21.9. The van der Waals surface area contributed by atoms with E-state index in [0.29, 0.717) is 12.1 Å². The molecule has 0 aliphatic carbocycles. The first-order valence-electron chi connectivity index (χ1n) is 10.8. The molecular formula is C25H29NO5. The third-order valence-electron chi connectivity index (χ3n) is 4.91. The number of ether oxygens (including phenoxy) is 3. The van der Waals surface area contributed by atoms with E-state index in [9.17, 15) is 4.79 Å². The second-order valence-electron chi connectivity index (χ2n) is 7.40. The van der Waals surface area contributed by atoms with Crippen molar-refractivity contribution < 1.29 is 24.1 Å². The van der Waals surface area contributed by atoms with Crippen LogP contribution in [-0.4, -0.2) is 22.9 Å². The highest BCUT2D eigenvalue weighted by atomic mass is 16.7. The fraction of sp³-hybridized carbons (Fsp3) is 0.360. The summed E-state index contributed by atoms with van der Waals surface area (Å²) in [5.74, 6) is 0.951. The summed E-state index contributed by atoms with van der Waals surface area (Å²) in [4.78, 5) is 15.4. The number of unbranched alkanes of at least 4 members (excludes halogenated alkanes) is 5. The Labute approximate surface area is 182 Å². The van der Waals surface area contributed by atoms with Gasteiger partial charge in [-0.25, -0.2) is 9.78 Å². The highest BCUT2D eigenvalue weighted by molar-refractivity contribution is 5.83. The Morgan fingerprint density at radius 2 is 1.71 bits per heavy atom. The van der Waals surface area contributed by atoms with Crippen LogP contribution in [0.3, 0.4) is 0 Å². The van der Waals surface area contributed by atoms with Crippen LogP contribution in [-0.2, 0) is 6.61 Å². The van der Waals surface area contributed by atoms with Gasteiger partial charge in [0.1, 0.15) is 12.4 Å². The lowest BCUT2D eigenvalue weighted by atomic mass is 10.1. The molecule has 2 aromatic carbocycles. The molecule has 1 N–H and O–H groups in total. The Morgan fingerprint density at radius 1 is 0.935 bits per heavy atom. The van der Waals surface area contributed by atoms with Gasteiger partial charge in [-0.05, 0) is 36.2 Å². The van der Waals surface area contributed by atoms with Crippen LogP contribution >= 0.6 is 0 Å². The van der Waals surface area contributed by atoms with Crippen LogP contribution in [0.2, 0.25) is 0 Å². The van der Waals surface area contributed by atoms with E-state index < -0.39 is 6.16 Å². The lowest BCUT2D eigenvalue weighted by Gasteiger charge is -2.12. The van der Waals surface area contributed by atoms with Crippen molar-refractivity contribution in [3.8, 4) is 17.4 Å². The monoisotopic (exact) mass is 423 g/mol. The first-order valence-corrected chi connectivity index (χ1v) is 10.8. The third kappa shape index (κ3) is 7.17. The molecule has 0 aliphatic heterocycles. The fourth-order valence-corrected chi connectivity index (χ4v) is 3.27. The average Bonchev–Trinajstić information content (AvgIpc) is 2.77. The van der Waals surface area contributed by atoms with Crippen molar-refractivity contribution in [2.45, 2.75) is 52.1 Å².